The molecule has 17 heavy (non-hydrogen) atoms. The average molecular weight is 242 g/mol. The van der Waals surface area contributed by atoms with Crippen molar-refractivity contribution in [1.29, 1.82) is 0 Å². The van der Waals surface area contributed by atoms with E-state index in [1.807, 2.05) is 11.8 Å². The smallest absolute Gasteiger partial charge is 0.305 e. The van der Waals surface area contributed by atoms with Crippen LogP contribution in [0.3, 0.4) is 0 Å². The normalized spacial score (nSPS) is 25.1. The standard InChI is InChI=1S/C12H22N2O3/c1-4-5-14-8-12(2,3)7-13-11(17)9(14)6-10(15)16/h9H,4-8H2,1-3H3,(H,13,17)(H,15,16). The van der Waals surface area contributed by atoms with E-state index in [9.17, 15) is 9.59 Å². The third-order valence-electron chi connectivity index (χ3n) is 2.99. The Hall–Kier alpha value is -1.10. The van der Waals surface area contributed by atoms with E-state index in [-0.39, 0.29) is 17.7 Å². The van der Waals surface area contributed by atoms with Crippen molar-refractivity contribution in [3.8, 4) is 0 Å². The Morgan fingerprint density at radius 2 is 2.24 bits per heavy atom. The Labute approximate surface area is 102 Å². The summed E-state index contributed by atoms with van der Waals surface area (Å²) in [6.07, 6.45) is 0.793. The molecule has 1 fully saturated rings. The van der Waals surface area contributed by atoms with E-state index in [1.54, 1.807) is 0 Å². The summed E-state index contributed by atoms with van der Waals surface area (Å²) in [5.41, 5.74) is -0.0158. The molecular weight excluding hydrogens is 220 g/mol. The molecule has 98 valence electrons. The zero-order valence-electron chi connectivity index (χ0n) is 10.8. The Kier molecular flexibility index (Phi) is 4.51. The van der Waals surface area contributed by atoms with Crippen LogP contribution in [0.5, 0.6) is 0 Å². The van der Waals surface area contributed by atoms with E-state index >= 15 is 0 Å². The number of carboxylic acid groups (broad SMARTS) is 1. The summed E-state index contributed by atoms with van der Waals surface area (Å²) in [6, 6.07) is -0.533. The molecule has 1 unspecified atom stereocenters. The molecule has 0 aromatic rings. The first-order valence-corrected chi connectivity index (χ1v) is 6.09. The number of nitrogens with zero attached hydrogens (tertiary/aromatic N) is 1. The predicted molar refractivity (Wildman–Crippen MR) is 64.7 cm³/mol. The highest BCUT2D eigenvalue weighted by Gasteiger charge is 2.35. The lowest BCUT2D eigenvalue weighted by molar-refractivity contribution is -0.141. The predicted octanol–water partition coefficient (Wildman–Crippen LogP) is 0.698. The Bertz CT molecular complexity index is 302. The van der Waals surface area contributed by atoms with Gasteiger partial charge in [-0.05, 0) is 18.4 Å². The van der Waals surface area contributed by atoms with E-state index in [0.717, 1.165) is 19.5 Å². The van der Waals surface area contributed by atoms with Crippen LogP contribution in [0.4, 0.5) is 0 Å². The van der Waals surface area contributed by atoms with Crippen LogP contribution < -0.4 is 5.32 Å². The molecule has 0 spiro atoms. The molecule has 0 bridgehead atoms. The molecule has 5 heteroatoms. The van der Waals surface area contributed by atoms with Gasteiger partial charge in [0.05, 0.1) is 12.5 Å². The zero-order valence-corrected chi connectivity index (χ0v) is 10.8. The number of nitrogens with one attached hydrogen (secondary N) is 1. The van der Waals surface area contributed by atoms with E-state index in [1.165, 1.54) is 0 Å². The molecule has 0 aliphatic carbocycles. The van der Waals surface area contributed by atoms with Crippen molar-refractivity contribution in [1.82, 2.24) is 10.2 Å². The second-order valence-corrected chi connectivity index (χ2v) is 5.47. The lowest BCUT2D eigenvalue weighted by atomic mass is 9.93. The maximum absolute atomic E-state index is 11.9. The lowest BCUT2D eigenvalue weighted by Gasteiger charge is -2.31. The number of rotatable bonds is 4. The van der Waals surface area contributed by atoms with Crippen molar-refractivity contribution in [3.05, 3.63) is 0 Å². The van der Waals surface area contributed by atoms with E-state index in [4.69, 9.17) is 5.11 Å². The number of carboxylic acids is 1. The van der Waals surface area contributed by atoms with Gasteiger partial charge in [0.25, 0.3) is 0 Å². The van der Waals surface area contributed by atoms with Crippen molar-refractivity contribution in [2.75, 3.05) is 19.6 Å². The summed E-state index contributed by atoms with van der Waals surface area (Å²) < 4.78 is 0. The molecule has 1 saturated heterocycles. The van der Waals surface area contributed by atoms with Gasteiger partial charge in [-0.3, -0.25) is 14.5 Å². The van der Waals surface area contributed by atoms with E-state index in [2.05, 4.69) is 19.2 Å². The van der Waals surface area contributed by atoms with Crippen LogP contribution in [0.2, 0.25) is 0 Å². The van der Waals surface area contributed by atoms with Gasteiger partial charge < -0.3 is 10.4 Å². The van der Waals surface area contributed by atoms with Crippen molar-refractivity contribution >= 4 is 11.9 Å². The first kappa shape index (κ1) is 14.0. The Morgan fingerprint density at radius 1 is 1.59 bits per heavy atom. The molecule has 1 amide bonds. The van der Waals surface area contributed by atoms with Crippen LogP contribution in [-0.4, -0.2) is 47.6 Å². The molecular formula is C12H22N2O3. The molecule has 0 aromatic carbocycles. The molecule has 0 saturated carbocycles. The van der Waals surface area contributed by atoms with Crippen molar-refractivity contribution in [2.24, 2.45) is 5.41 Å². The Balaban J connectivity index is 2.86. The monoisotopic (exact) mass is 242 g/mol. The lowest BCUT2D eigenvalue weighted by Crippen LogP contribution is -2.46. The summed E-state index contributed by atoms with van der Waals surface area (Å²) >= 11 is 0. The van der Waals surface area contributed by atoms with E-state index < -0.39 is 12.0 Å². The molecule has 1 rings (SSSR count). The molecule has 2 N–H and O–H groups in total. The topological polar surface area (TPSA) is 69.6 Å². The fourth-order valence-electron chi connectivity index (χ4n) is 2.24. The van der Waals surface area contributed by atoms with Gasteiger partial charge in [-0.1, -0.05) is 20.8 Å². The third-order valence-corrected chi connectivity index (χ3v) is 2.99. The summed E-state index contributed by atoms with van der Waals surface area (Å²) in [5, 5.41) is 11.7. The number of hydrogen-bond acceptors (Lipinski definition) is 3. The second-order valence-electron chi connectivity index (χ2n) is 5.47. The first-order valence-electron chi connectivity index (χ1n) is 6.09. The number of carbonyl (C=O) groups excluding carboxylic acids is 1. The van der Waals surface area contributed by atoms with Crippen molar-refractivity contribution < 1.29 is 14.7 Å². The number of hydrogen-bond donors (Lipinski definition) is 2. The van der Waals surface area contributed by atoms with Gasteiger partial charge in [0.2, 0.25) is 5.91 Å². The minimum atomic E-state index is -0.925. The Morgan fingerprint density at radius 3 is 2.76 bits per heavy atom. The average Bonchev–Trinajstić information content (AvgIpc) is 2.30. The number of carbonyl (C=O) groups is 2. The number of aliphatic carboxylic acids is 1. The second kappa shape index (κ2) is 5.49. The van der Waals surface area contributed by atoms with Gasteiger partial charge in [0.1, 0.15) is 0 Å². The molecule has 1 aliphatic heterocycles. The molecule has 5 nitrogen and oxygen atoms in total. The minimum Gasteiger partial charge on any atom is -0.481 e. The molecule has 0 aromatic heterocycles. The highest BCUT2D eigenvalue weighted by Crippen LogP contribution is 2.22. The summed E-state index contributed by atoms with van der Waals surface area (Å²) in [4.78, 5) is 24.7. The summed E-state index contributed by atoms with van der Waals surface area (Å²) in [5.74, 6) is -1.09. The van der Waals surface area contributed by atoms with Crippen LogP contribution in [0.15, 0.2) is 0 Å². The van der Waals surface area contributed by atoms with Gasteiger partial charge in [-0.2, -0.15) is 0 Å². The molecule has 0 radical (unpaired) electrons. The van der Waals surface area contributed by atoms with Crippen LogP contribution in [-0.2, 0) is 9.59 Å². The van der Waals surface area contributed by atoms with Crippen LogP contribution in [0, 0.1) is 5.41 Å². The highest BCUT2D eigenvalue weighted by molar-refractivity contribution is 5.86. The van der Waals surface area contributed by atoms with Crippen molar-refractivity contribution in [3.63, 3.8) is 0 Å². The van der Waals surface area contributed by atoms with Crippen LogP contribution in [0.1, 0.15) is 33.6 Å². The van der Waals surface area contributed by atoms with Gasteiger partial charge >= 0.3 is 5.97 Å². The molecule has 1 heterocycles. The summed E-state index contributed by atoms with van der Waals surface area (Å²) in [6.45, 7) is 8.31. The molecule has 1 atom stereocenters. The first-order chi connectivity index (χ1) is 7.85. The minimum absolute atomic E-state index is 0.0158. The van der Waals surface area contributed by atoms with Gasteiger partial charge in [0, 0.05) is 13.1 Å². The maximum Gasteiger partial charge on any atom is 0.305 e. The van der Waals surface area contributed by atoms with Crippen molar-refractivity contribution in [2.45, 2.75) is 39.7 Å². The van der Waals surface area contributed by atoms with Gasteiger partial charge in [0.15, 0.2) is 0 Å². The zero-order chi connectivity index (χ0) is 13.1. The van der Waals surface area contributed by atoms with Crippen LogP contribution >= 0.6 is 0 Å². The highest BCUT2D eigenvalue weighted by atomic mass is 16.4. The number of amides is 1. The maximum atomic E-state index is 11.9. The SMILES string of the molecule is CCCN1CC(C)(C)CNC(=O)C1CC(=O)O. The van der Waals surface area contributed by atoms with Crippen LogP contribution in [0.25, 0.3) is 0 Å². The quantitative estimate of drug-likeness (QED) is 0.761. The van der Waals surface area contributed by atoms with E-state index in [0.29, 0.717) is 6.54 Å². The van der Waals surface area contributed by atoms with Gasteiger partial charge in [-0.15, -0.1) is 0 Å². The molecule has 1 aliphatic rings. The van der Waals surface area contributed by atoms with Gasteiger partial charge in [-0.25, -0.2) is 0 Å². The largest absolute Gasteiger partial charge is 0.481 e. The summed E-state index contributed by atoms with van der Waals surface area (Å²) in [7, 11) is 0. The fourth-order valence-corrected chi connectivity index (χ4v) is 2.24. The third kappa shape index (κ3) is 4.00. The fraction of sp³-hybridized carbons (Fsp3) is 0.833.